The number of nitro benzene ring substituents is 1. The number of aromatic hydroxyl groups is 1. The summed E-state index contributed by atoms with van der Waals surface area (Å²) >= 11 is 0.998. The van der Waals surface area contributed by atoms with Crippen LogP contribution in [0.15, 0.2) is 58.1 Å². The number of carbonyl (C=O) groups is 2. The normalized spacial score (nSPS) is 11.8. The van der Waals surface area contributed by atoms with E-state index in [4.69, 9.17) is 9.47 Å². The van der Waals surface area contributed by atoms with Gasteiger partial charge in [-0.3, -0.25) is 19.6 Å². The number of rotatable bonds is 9. The number of esters is 1. The van der Waals surface area contributed by atoms with Crippen LogP contribution >= 0.6 is 11.3 Å². The first-order valence-electron chi connectivity index (χ1n) is 9.75. The maximum atomic E-state index is 12.6. The first-order chi connectivity index (χ1) is 16.5. The number of phenols is 1. The monoisotopic (exact) mass is 521 g/mol. The number of non-ortho nitro benzene ring substituents is 1. The number of benzene rings is 2. The number of thiophene rings is 1. The summed E-state index contributed by atoms with van der Waals surface area (Å²) < 4.78 is 37.3. The minimum atomic E-state index is -3.90. The Kier molecular flexibility index (Phi) is 7.56. The average Bonchev–Trinajstić information content (AvgIpc) is 3.36. The fourth-order valence-electron chi connectivity index (χ4n) is 2.80. The van der Waals surface area contributed by atoms with E-state index in [0.717, 1.165) is 29.5 Å². The van der Waals surface area contributed by atoms with Crippen LogP contribution in [0.25, 0.3) is 0 Å². The van der Waals surface area contributed by atoms with Gasteiger partial charge in [-0.05, 0) is 42.6 Å². The maximum absolute atomic E-state index is 12.6. The second kappa shape index (κ2) is 10.4. The fraction of sp³-hybridized carbons (Fsp3) is 0.143. The Bertz CT molecular complexity index is 1370. The van der Waals surface area contributed by atoms with Crippen molar-refractivity contribution >= 4 is 50.3 Å². The van der Waals surface area contributed by atoms with Gasteiger partial charge in [0.25, 0.3) is 21.6 Å². The van der Waals surface area contributed by atoms with Crippen LogP contribution in [-0.4, -0.2) is 43.5 Å². The van der Waals surface area contributed by atoms with Crippen LogP contribution in [0.3, 0.4) is 0 Å². The Morgan fingerprint density at radius 3 is 2.54 bits per heavy atom. The standard InChI is InChI=1S/C21H19N3O9S2/c1-12(20(26)22-16-11-14(24(28)29)6-8-18(16)32-2)33-21(27)15-10-13(5-7-17(15)25)23-35(30,31)19-4-3-9-34-19/h3-12,23,25H,1-2H3,(H,22,26). The second-order valence-electron chi connectivity index (χ2n) is 6.95. The topological polar surface area (TPSA) is 174 Å². The van der Waals surface area contributed by atoms with Crippen molar-refractivity contribution in [3.05, 3.63) is 69.6 Å². The molecule has 0 radical (unpaired) electrons. The molecule has 0 bridgehead atoms. The highest BCUT2D eigenvalue weighted by molar-refractivity contribution is 7.94. The number of nitro groups is 1. The molecular weight excluding hydrogens is 502 g/mol. The number of sulfonamides is 1. The number of carbonyl (C=O) groups excluding carboxylic acids is 2. The van der Waals surface area contributed by atoms with E-state index in [1.165, 1.54) is 38.3 Å². The largest absolute Gasteiger partial charge is 0.507 e. The number of amides is 1. The lowest BCUT2D eigenvalue weighted by atomic mass is 10.2. The van der Waals surface area contributed by atoms with E-state index in [-0.39, 0.29) is 32.6 Å². The van der Waals surface area contributed by atoms with Crippen LogP contribution in [0.4, 0.5) is 17.1 Å². The number of hydrogen-bond donors (Lipinski definition) is 3. The van der Waals surface area contributed by atoms with E-state index < -0.39 is 38.7 Å². The molecular formula is C21H19N3O9S2. The molecule has 0 fully saturated rings. The van der Waals surface area contributed by atoms with Crippen LogP contribution in [0.2, 0.25) is 0 Å². The summed E-state index contributed by atoms with van der Waals surface area (Å²) in [5, 5.41) is 25.0. The summed E-state index contributed by atoms with van der Waals surface area (Å²) in [5.41, 5.74) is -0.703. The van der Waals surface area contributed by atoms with Crippen LogP contribution in [0, 0.1) is 10.1 Å². The van der Waals surface area contributed by atoms with Gasteiger partial charge < -0.3 is 19.9 Å². The molecule has 0 aliphatic rings. The number of nitrogens with zero attached hydrogens (tertiary/aromatic N) is 1. The molecule has 1 aromatic heterocycles. The molecule has 3 aromatic rings. The number of hydrogen-bond acceptors (Lipinski definition) is 10. The maximum Gasteiger partial charge on any atom is 0.342 e. The number of nitrogens with one attached hydrogen (secondary N) is 2. The van der Waals surface area contributed by atoms with Crippen molar-refractivity contribution in [2.24, 2.45) is 0 Å². The fourth-order valence-corrected chi connectivity index (χ4v) is 4.85. The molecule has 2 aromatic carbocycles. The summed E-state index contributed by atoms with van der Waals surface area (Å²) in [4.78, 5) is 35.5. The van der Waals surface area contributed by atoms with E-state index in [1.54, 1.807) is 11.4 Å². The average molecular weight is 522 g/mol. The Morgan fingerprint density at radius 1 is 1.17 bits per heavy atom. The third kappa shape index (κ3) is 6.04. The highest BCUT2D eigenvalue weighted by atomic mass is 32.2. The van der Waals surface area contributed by atoms with Crippen molar-refractivity contribution < 1.29 is 37.5 Å². The Labute approximate surface area is 203 Å². The molecule has 3 rings (SSSR count). The van der Waals surface area contributed by atoms with Crippen molar-refractivity contribution in [1.82, 2.24) is 0 Å². The molecule has 35 heavy (non-hydrogen) atoms. The van der Waals surface area contributed by atoms with Crippen molar-refractivity contribution in [1.29, 1.82) is 0 Å². The highest BCUT2D eigenvalue weighted by Gasteiger charge is 2.24. The zero-order valence-corrected chi connectivity index (χ0v) is 19.9. The highest BCUT2D eigenvalue weighted by Crippen LogP contribution is 2.29. The van der Waals surface area contributed by atoms with E-state index >= 15 is 0 Å². The lowest BCUT2D eigenvalue weighted by Crippen LogP contribution is -2.30. The van der Waals surface area contributed by atoms with Crippen LogP contribution < -0.4 is 14.8 Å². The molecule has 1 atom stereocenters. The van der Waals surface area contributed by atoms with Crippen LogP contribution in [0.5, 0.6) is 11.5 Å². The first-order valence-corrected chi connectivity index (χ1v) is 12.1. The molecule has 0 spiro atoms. The molecule has 184 valence electrons. The molecule has 0 aliphatic heterocycles. The van der Waals surface area contributed by atoms with Gasteiger partial charge in [0, 0.05) is 17.8 Å². The minimum absolute atomic E-state index is 0.0116. The van der Waals surface area contributed by atoms with E-state index in [9.17, 15) is 33.2 Å². The third-order valence-corrected chi connectivity index (χ3v) is 7.31. The first kappa shape index (κ1) is 25.5. The van der Waals surface area contributed by atoms with Gasteiger partial charge in [-0.15, -0.1) is 11.3 Å². The molecule has 0 saturated carbocycles. The minimum Gasteiger partial charge on any atom is -0.507 e. The molecule has 0 aliphatic carbocycles. The van der Waals surface area contributed by atoms with Crippen molar-refractivity contribution in [3.8, 4) is 11.5 Å². The van der Waals surface area contributed by atoms with E-state index in [2.05, 4.69) is 10.0 Å². The van der Waals surface area contributed by atoms with Gasteiger partial charge in [0.15, 0.2) is 6.10 Å². The molecule has 1 unspecified atom stereocenters. The Hall–Kier alpha value is -4.17. The molecule has 1 amide bonds. The van der Waals surface area contributed by atoms with Gasteiger partial charge in [0.2, 0.25) is 0 Å². The molecule has 14 heteroatoms. The van der Waals surface area contributed by atoms with Gasteiger partial charge in [-0.2, -0.15) is 0 Å². The zero-order valence-electron chi connectivity index (χ0n) is 18.3. The Balaban J connectivity index is 1.74. The van der Waals surface area contributed by atoms with Crippen LogP contribution in [0.1, 0.15) is 17.3 Å². The van der Waals surface area contributed by atoms with Gasteiger partial charge in [0.05, 0.1) is 17.7 Å². The number of methoxy groups -OCH3 is 1. The molecule has 3 N–H and O–H groups in total. The number of anilines is 2. The van der Waals surface area contributed by atoms with Gasteiger partial charge in [-0.1, -0.05) is 6.07 Å². The SMILES string of the molecule is COc1ccc([N+](=O)[O-])cc1NC(=O)C(C)OC(=O)c1cc(NS(=O)(=O)c2cccs2)ccc1O. The summed E-state index contributed by atoms with van der Waals surface area (Å²) in [5.74, 6) is -2.28. The van der Waals surface area contributed by atoms with Gasteiger partial charge in [-0.25, -0.2) is 13.2 Å². The molecule has 12 nitrogen and oxygen atoms in total. The van der Waals surface area contributed by atoms with Gasteiger partial charge >= 0.3 is 5.97 Å². The van der Waals surface area contributed by atoms with Crippen molar-refractivity contribution in [2.45, 2.75) is 17.2 Å². The smallest absolute Gasteiger partial charge is 0.342 e. The lowest BCUT2D eigenvalue weighted by molar-refractivity contribution is -0.384. The van der Waals surface area contributed by atoms with Crippen molar-refractivity contribution in [3.63, 3.8) is 0 Å². The summed E-state index contributed by atoms with van der Waals surface area (Å²) in [6.45, 7) is 1.25. The quantitative estimate of drug-likeness (QED) is 0.165. The second-order valence-corrected chi connectivity index (χ2v) is 9.80. The number of phenolic OH excluding ortho intramolecular Hbond substituents is 1. The summed E-state index contributed by atoms with van der Waals surface area (Å²) in [6.07, 6.45) is -1.39. The van der Waals surface area contributed by atoms with Crippen LogP contribution in [-0.2, 0) is 19.6 Å². The summed E-state index contributed by atoms with van der Waals surface area (Å²) in [7, 11) is -2.59. The predicted octanol–water partition coefficient (Wildman–Crippen LogP) is 3.36. The molecule has 1 heterocycles. The Morgan fingerprint density at radius 2 is 1.91 bits per heavy atom. The number of ether oxygens (including phenoxy) is 2. The van der Waals surface area contributed by atoms with Crippen molar-refractivity contribution in [2.75, 3.05) is 17.1 Å². The third-order valence-electron chi connectivity index (χ3n) is 4.53. The van der Waals surface area contributed by atoms with E-state index in [1.807, 2.05) is 0 Å². The summed E-state index contributed by atoms with van der Waals surface area (Å²) in [6, 6.07) is 9.96. The van der Waals surface area contributed by atoms with E-state index in [0.29, 0.717) is 0 Å². The predicted molar refractivity (Wildman–Crippen MR) is 126 cm³/mol. The molecule has 0 saturated heterocycles. The van der Waals surface area contributed by atoms with Gasteiger partial charge in [0.1, 0.15) is 21.3 Å². The lowest BCUT2D eigenvalue weighted by Gasteiger charge is -2.16. The zero-order chi connectivity index (χ0) is 25.8.